The molecule has 1 aliphatic carbocycles. The van der Waals surface area contributed by atoms with Gasteiger partial charge >= 0.3 is 0 Å². The molecular formula is C16H24N2O2. The van der Waals surface area contributed by atoms with Crippen LogP contribution in [-0.4, -0.2) is 30.3 Å². The zero-order valence-corrected chi connectivity index (χ0v) is 12.2. The largest absolute Gasteiger partial charge is 0.481 e. The predicted molar refractivity (Wildman–Crippen MR) is 79.2 cm³/mol. The number of hydrogen-bond acceptors (Lipinski definition) is 4. The van der Waals surface area contributed by atoms with Crippen molar-refractivity contribution in [2.24, 2.45) is 0 Å². The molecule has 110 valence electrons. The molecule has 4 heteroatoms. The minimum atomic E-state index is 0.147. The number of methoxy groups -OCH3 is 1. The molecule has 1 spiro atoms. The van der Waals surface area contributed by atoms with Crippen LogP contribution in [0.4, 0.5) is 5.69 Å². The average molecular weight is 276 g/mol. The molecule has 1 atom stereocenters. The highest BCUT2D eigenvalue weighted by Crippen LogP contribution is 2.39. The van der Waals surface area contributed by atoms with Crippen molar-refractivity contribution >= 4 is 5.69 Å². The van der Waals surface area contributed by atoms with Gasteiger partial charge in [-0.05, 0) is 31.7 Å². The Hall–Kier alpha value is -1.29. The molecule has 0 bridgehead atoms. The molecule has 0 radical (unpaired) electrons. The number of nitrogens with zero attached hydrogens (tertiary/aromatic N) is 1. The monoisotopic (exact) mass is 276 g/mol. The molecule has 3 rings (SSSR count). The zero-order valence-electron chi connectivity index (χ0n) is 12.2. The molecule has 1 aromatic heterocycles. The van der Waals surface area contributed by atoms with E-state index in [1.54, 1.807) is 7.11 Å². The summed E-state index contributed by atoms with van der Waals surface area (Å²) in [6, 6.07) is 4.43. The summed E-state index contributed by atoms with van der Waals surface area (Å²) in [4.78, 5) is 4.25. The quantitative estimate of drug-likeness (QED) is 0.919. The van der Waals surface area contributed by atoms with E-state index in [1.807, 2.05) is 18.3 Å². The summed E-state index contributed by atoms with van der Waals surface area (Å²) in [7, 11) is 1.64. The summed E-state index contributed by atoms with van der Waals surface area (Å²) in [5.41, 5.74) is 1.22. The lowest BCUT2D eigenvalue weighted by molar-refractivity contribution is -0.103. The molecule has 2 fully saturated rings. The number of anilines is 1. The maximum Gasteiger partial charge on any atom is 0.213 e. The predicted octanol–water partition coefficient (Wildman–Crippen LogP) is 3.38. The average Bonchev–Trinajstić information content (AvgIpc) is 2.49. The molecule has 1 saturated heterocycles. The first-order valence-electron chi connectivity index (χ1n) is 7.70. The topological polar surface area (TPSA) is 43.4 Å². The summed E-state index contributed by atoms with van der Waals surface area (Å²) in [5, 5.41) is 3.61. The van der Waals surface area contributed by atoms with Crippen LogP contribution in [0.25, 0.3) is 0 Å². The van der Waals surface area contributed by atoms with Crippen LogP contribution in [0.5, 0.6) is 5.88 Å². The van der Waals surface area contributed by atoms with Gasteiger partial charge in [0.1, 0.15) is 0 Å². The summed E-state index contributed by atoms with van der Waals surface area (Å²) >= 11 is 0. The van der Waals surface area contributed by atoms with Gasteiger partial charge in [0.25, 0.3) is 0 Å². The molecule has 2 heterocycles. The van der Waals surface area contributed by atoms with Crippen molar-refractivity contribution in [1.82, 2.24) is 4.98 Å². The van der Waals surface area contributed by atoms with Gasteiger partial charge in [0.05, 0.1) is 24.6 Å². The van der Waals surface area contributed by atoms with Gasteiger partial charge in [0, 0.05) is 18.7 Å². The minimum Gasteiger partial charge on any atom is -0.481 e. The smallest absolute Gasteiger partial charge is 0.213 e. The summed E-state index contributed by atoms with van der Waals surface area (Å²) in [6.45, 7) is 0.876. The van der Waals surface area contributed by atoms with E-state index in [0.29, 0.717) is 11.9 Å². The first-order chi connectivity index (χ1) is 9.80. The first kappa shape index (κ1) is 13.7. The Morgan fingerprint density at radius 2 is 2.15 bits per heavy atom. The lowest BCUT2D eigenvalue weighted by atomic mass is 9.78. The molecule has 1 aliphatic heterocycles. The molecule has 1 N–H and O–H groups in total. The van der Waals surface area contributed by atoms with Crippen LogP contribution in [-0.2, 0) is 4.74 Å². The van der Waals surface area contributed by atoms with Gasteiger partial charge < -0.3 is 14.8 Å². The Kier molecular flexibility index (Phi) is 4.10. The maximum atomic E-state index is 6.14. The van der Waals surface area contributed by atoms with Gasteiger partial charge in [0.2, 0.25) is 5.88 Å². The number of rotatable bonds is 3. The van der Waals surface area contributed by atoms with Crippen molar-refractivity contribution in [3.05, 3.63) is 18.3 Å². The number of aromatic nitrogens is 1. The summed E-state index contributed by atoms with van der Waals surface area (Å²) in [5.74, 6) is 0.659. The first-order valence-corrected chi connectivity index (χ1v) is 7.70. The Morgan fingerprint density at radius 1 is 1.30 bits per heavy atom. The Bertz CT molecular complexity index is 421. The molecular weight excluding hydrogens is 252 g/mol. The third-order valence-electron chi connectivity index (χ3n) is 4.57. The van der Waals surface area contributed by atoms with Crippen molar-refractivity contribution in [1.29, 1.82) is 0 Å². The van der Waals surface area contributed by atoms with E-state index in [1.165, 1.54) is 32.1 Å². The number of ether oxygens (including phenoxy) is 2. The zero-order chi connectivity index (χ0) is 13.8. The Labute approximate surface area is 120 Å². The summed E-state index contributed by atoms with van der Waals surface area (Å²) in [6.07, 6.45) is 10.5. The fourth-order valence-electron chi connectivity index (χ4n) is 3.52. The fraction of sp³-hybridized carbons (Fsp3) is 0.688. The van der Waals surface area contributed by atoms with Crippen molar-refractivity contribution in [3.63, 3.8) is 0 Å². The second kappa shape index (κ2) is 6.00. The Morgan fingerprint density at radius 3 is 2.85 bits per heavy atom. The number of nitrogens with one attached hydrogen (secondary N) is 1. The van der Waals surface area contributed by atoms with Crippen molar-refractivity contribution < 1.29 is 9.47 Å². The van der Waals surface area contributed by atoms with Gasteiger partial charge in [-0.3, -0.25) is 0 Å². The molecule has 20 heavy (non-hydrogen) atoms. The Balaban J connectivity index is 1.61. The molecule has 2 aliphatic rings. The van der Waals surface area contributed by atoms with E-state index in [2.05, 4.69) is 10.3 Å². The molecule has 1 saturated carbocycles. The third kappa shape index (κ3) is 3.06. The highest BCUT2D eigenvalue weighted by molar-refractivity contribution is 5.43. The lowest BCUT2D eigenvalue weighted by Crippen LogP contribution is -2.45. The minimum absolute atomic E-state index is 0.147. The van der Waals surface area contributed by atoms with Crippen molar-refractivity contribution in [2.45, 2.75) is 56.6 Å². The van der Waals surface area contributed by atoms with Gasteiger partial charge in [-0.15, -0.1) is 0 Å². The molecule has 1 unspecified atom stereocenters. The van der Waals surface area contributed by atoms with Gasteiger partial charge in [0.15, 0.2) is 0 Å². The van der Waals surface area contributed by atoms with Gasteiger partial charge in [-0.25, -0.2) is 4.98 Å². The van der Waals surface area contributed by atoms with E-state index in [-0.39, 0.29) is 5.60 Å². The fourth-order valence-corrected chi connectivity index (χ4v) is 3.52. The van der Waals surface area contributed by atoms with Crippen LogP contribution in [0.3, 0.4) is 0 Å². The highest BCUT2D eigenvalue weighted by Gasteiger charge is 2.38. The second-order valence-electron chi connectivity index (χ2n) is 6.02. The van der Waals surface area contributed by atoms with Crippen molar-refractivity contribution in [2.75, 3.05) is 19.0 Å². The van der Waals surface area contributed by atoms with Crippen LogP contribution in [0.1, 0.15) is 44.9 Å². The molecule has 0 aromatic carbocycles. The van der Waals surface area contributed by atoms with Crippen LogP contribution >= 0.6 is 0 Å². The number of hydrogen-bond donors (Lipinski definition) is 1. The summed E-state index contributed by atoms with van der Waals surface area (Å²) < 4.78 is 11.2. The molecule has 0 amide bonds. The van der Waals surface area contributed by atoms with E-state index in [9.17, 15) is 0 Å². The van der Waals surface area contributed by atoms with E-state index < -0.39 is 0 Å². The third-order valence-corrected chi connectivity index (χ3v) is 4.57. The van der Waals surface area contributed by atoms with E-state index >= 15 is 0 Å². The normalized spacial score (nSPS) is 25.4. The molecule has 4 nitrogen and oxygen atoms in total. The SMILES string of the molecule is COc1ccc(NC2CCOC3(CCCCC3)C2)cn1. The second-order valence-corrected chi connectivity index (χ2v) is 6.02. The van der Waals surface area contributed by atoms with E-state index in [4.69, 9.17) is 9.47 Å². The van der Waals surface area contributed by atoms with Crippen LogP contribution in [0, 0.1) is 0 Å². The molecule has 1 aromatic rings. The number of pyridine rings is 1. The highest BCUT2D eigenvalue weighted by atomic mass is 16.5. The van der Waals surface area contributed by atoms with Gasteiger partial charge in [-0.1, -0.05) is 19.3 Å². The van der Waals surface area contributed by atoms with E-state index in [0.717, 1.165) is 25.1 Å². The van der Waals surface area contributed by atoms with Crippen LogP contribution in [0.15, 0.2) is 18.3 Å². The maximum absolute atomic E-state index is 6.14. The van der Waals surface area contributed by atoms with Crippen LogP contribution in [0.2, 0.25) is 0 Å². The van der Waals surface area contributed by atoms with Gasteiger partial charge in [-0.2, -0.15) is 0 Å². The standard InChI is InChI=1S/C16H24N2O2/c1-19-15-6-5-14(12-17-15)18-13-7-10-20-16(11-13)8-3-2-4-9-16/h5-6,12-13,18H,2-4,7-11H2,1H3. The lowest BCUT2D eigenvalue weighted by Gasteiger charge is -2.43. The van der Waals surface area contributed by atoms with Crippen LogP contribution < -0.4 is 10.1 Å². The van der Waals surface area contributed by atoms with Crippen molar-refractivity contribution in [3.8, 4) is 5.88 Å².